The highest BCUT2D eigenvalue weighted by atomic mass is 16.5. The fourth-order valence-corrected chi connectivity index (χ4v) is 2.43. The Morgan fingerprint density at radius 3 is 2.36 bits per heavy atom. The lowest BCUT2D eigenvalue weighted by Crippen LogP contribution is -2.30. The molecule has 0 radical (unpaired) electrons. The summed E-state index contributed by atoms with van der Waals surface area (Å²) in [6, 6.07) is 16.0. The molecule has 1 heterocycles. The molecule has 0 fully saturated rings. The normalized spacial score (nSPS) is 11.5. The number of amides is 1. The number of hydrogen-bond acceptors (Lipinski definition) is 6. The quantitative estimate of drug-likeness (QED) is 0.661. The van der Waals surface area contributed by atoms with Crippen molar-refractivity contribution < 1.29 is 19.1 Å². The van der Waals surface area contributed by atoms with E-state index in [1.54, 1.807) is 38.3 Å². The Balaban J connectivity index is 1.65. The molecule has 0 spiro atoms. The SMILES string of the molecule is COc1ccc(NC(=O)[C@H](C)OC(=O)c2nn(-c3ccccc3)nc2C)cc1. The summed E-state index contributed by atoms with van der Waals surface area (Å²) in [5.41, 5.74) is 1.76. The van der Waals surface area contributed by atoms with Gasteiger partial charge >= 0.3 is 5.97 Å². The van der Waals surface area contributed by atoms with Crippen LogP contribution < -0.4 is 10.1 Å². The van der Waals surface area contributed by atoms with E-state index in [-0.39, 0.29) is 5.69 Å². The van der Waals surface area contributed by atoms with E-state index in [4.69, 9.17) is 9.47 Å². The number of anilines is 1. The molecule has 144 valence electrons. The number of benzene rings is 2. The first kappa shape index (κ1) is 19.1. The number of carbonyl (C=O) groups excluding carboxylic acids is 2. The molecule has 0 saturated heterocycles. The van der Waals surface area contributed by atoms with Crippen LogP contribution in [0.4, 0.5) is 5.69 Å². The number of carbonyl (C=O) groups is 2. The van der Waals surface area contributed by atoms with Gasteiger partial charge in [0.1, 0.15) is 5.75 Å². The molecule has 0 bridgehead atoms. The minimum atomic E-state index is -1.00. The summed E-state index contributed by atoms with van der Waals surface area (Å²) in [4.78, 5) is 26.1. The highest BCUT2D eigenvalue weighted by Gasteiger charge is 2.23. The lowest BCUT2D eigenvalue weighted by atomic mass is 10.3. The van der Waals surface area contributed by atoms with Crippen molar-refractivity contribution in [2.75, 3.05) is 12.4 Å². The van der Waals surface area contributed by atoms with E-state index in [2.05, 4.69) is 15.5 Å². The van der Waals surface area contributed by atoms with Gasteiger partial charge in [-0.2, -0.15) is 9.90 Å². The Morgan fingerprint density at radius 1 is 1.04 bits per heavy atom. The van der Waals surface area contributed by atoms with Crippen LogP contribution in [-0.2, 0) is 9.53 Å². The summed E-state index contributed by atoms with van der Waals surface area (Å²) < 4.78 is 10.3. The zero-order valence-electron chi connectivity index (χ0n) is 15.7. The summed E-state index contributed by atoms with van der Waals surface area (Å²) in [7, 11) is 1.56. The third kappa shape index (κ3) is 4.35. The first-order valence-corrected chi connectivity index (χ1v) is 8.63. The number of nitrogens with one attached hydrogen (secondary N) is 1. The minimum absolute atomic E-state index is 0.0629. The molecule has 28 heavy (non-hydrogen) atoms. The number of hydrogen-bond donors (Lipinski definition) is 1. The second-order valence-corrected chi connectivity index (χ2v) is 6.02. The predicted molar refractivity (Wildman–Crippen MR) is 103 cm³/mol. The van der Waals surface area contributed by atoms with Crippen LogP contribution in [0.1, 0.15) is 23.1 Å². The minimum Gasteiger partial charge on any atom is -0.497 e. The lowest BCUT2D eigenvalue weighted by Gasteiger charge is -2.13. The molecule has 1 N–H and O–H groups in total. The molecule has 0 unspecified atom stereocenters. The molecule has 0 aliphatic carbocycles. The summed E-state index contributed by atoms with van der Waals surface area (Å²) in [5.74, 6) is -0.488. The number of nitrogens with zero attached hydrogens (tertiary/aromatic N) is 3. The highest BCUT2D eigenvalue weighted by molar-refractivity contribution is 5.97. The van der Waals surface area contributed by atoms with Gasteiger partial charge in [0, 0.05) is 5.69 Å². The molecule has 0 aliphatic heterocycles. The van der Waals surface area contributed by atoms with Crippen LogP contribution in [0.3, 0.4) is 0 Å². The molecule has 8 heteroatoms. The molecule has 3 rings (SSSR count). The van der Waals surface area contributed by atoms with Gasteiger partial charge in [0.25, 0.3) is 5.91 Å². The van der Waals surface area contributed by atoms with E-state index < -0.39 is 18.0 Å². The Bertz CT molecular complexity index is 968. The van der Waals surface area contributed by atoms with Crippen molar-refractivity contribution in [3.8, 4) is 11.4 Å². The molecule has 1 aromatic heterocycles. The summed E-state index contributed by atoms with van der Waals surface area (Å²) in [5, 5.41) is 11.1. The van der Waals surface area contributed by atoms with Gasteiger partial charge in [-0.3, -0.25) is 4.79 Å². The topological polar surface area (TPSA) is 95.3 Å². The van der Waals surface area contributed by atoms with E-state index in [9.17, 15) is 9.59 Å². The van der Waals surface area contributed by atoms with Gasteiger partial charge in [-0.25, -0.2) is 4.79 Å². The Morgan fingerprint density at radius 2 is 1.71 bits per heavy atom. The van der Waals surface area contributed by atoms with Crippen molar-refractivity contribution in [1.29, 1.82) is 0 Å². The molecule has 3 aromatic rings. The zero-order valence-corrected chi connectivity index (χ0v) is 15.7. The second-order valence-electron chi connectivity index (χ2n) is 6.02. The molecule has 2 aromatic carbocycles. The molecule has 8 nitrogen and oxygen atoms in total. The van der Waals surface area contributed by atoms with Crippen molar-refractivity contribution >= 4 is 17.6 Å². The van der Waals surface area contributed by atoms with Gasteiger partial charge in [0.2, 0.25) is 0 Å². The predicted octanol–water partition coefficient (Wildman–Crippen LogP) is 2.77. The summed E-state index contributed by atoms with van der Waals surface area (Å²) in [6.07, 6.45) is -1.00. The van der Waals surface area contributed by atoms with E-state index in [1.165, 1.54) is 11.7 Å². The largest absolute Gasteiger partial charge is 0.497 e. The number of aryl methyl sites for hydroxylation is 1. The van der Waals surface area contributed by atoms with Crippen LogP contribution >= 0.6 is 0 Å². The van der Waals surface area contributed by atoms with Gasteiger partial charge < -0.3 is 14.8 Å². The zero-order chi connectivity index (χ0) is 20.1. The Labute approximate surface area is 162 Å². The van der Waals surface area contributed by atoms with Crippen LogP contribution in [0.5, 0.6) is 5.75 Å². The first-order valence-electron chi connectivity index (χ1n) is 8.63. The molecule has 1 atom stereocenters. The third-order valence-electron chi connectivity index (χ3n) is 3.97. The molecule has 0 aliphatic rings. The number of rotatable bonds is 6. The van der Waals surface area contributed by atoms with Crippen LogP contribution in [0.15, 0.2) is 54.6 Å². The van der Waals surface area contributed by atoms with Crippen molar-refractivity contribution in [3.05, 3.63) is 66.0 Å². The van der Waals surface area contributed by atoms with Gasteiger partial charge in [0.05, 0.1) is 18.5 Å². The number of ether oxygens (including phenoxy) is 2. The van der Waals surface area contributed by atoms with E-state index in [0.29, 0.717) is 17.1 Å². The maximum Gasteiger partial charge on any atom is 0.361 e. The van der Waals surface area contributed by atoms with Crippen molar-refractivity contribution in [3.63, 3.8) is 0 Å². The van der Waals surface area contributed by atoms with Gasteiger partial charge in [-0.15, -0.1) is 5.10 Å². The maximum atomic E-state index is 12.4. The fraction of sp³-hybridized carbons (Fsp3) is 0.200. The van der Waals surface area contributed by atoms with Crippen molar-refractivity contribution in [1.82, 2.24) is 15.0 Å². The third-order valence-corrected chi connectivity index (χ3v) is 3.97. The van der Waals surface area contributed by atoms with Crippen LogP contribution in [0.2, 0.25) is 0 Å². The molecule has 1 amide bonds. The standard InChI is InChI=1S/C20H20N4O4/c1-13-18(23-24(22-13)16-7-5-4-6-8-16)20(26)28-14(2)19(25)21-15-9-11-17(27-3)12-10-15/h4-12,14H,1-3H3,(H,21,25)/t14-/m0/s1. The van der Waals surface area contributed by atoms with Crippen molar-refractivity contribution in [2.45, 2.75) is 20.0 Å². The van der Waals surface area contributed by atoms with Crippen molar-refractivity contribution in [2.24, 2.45) is 0 Å². The van der Waals surface area contributed by atoms with E-state index in [0.717, 1.165) is 5.69 Å². The Kier molecular flexibility index (Phi) is 5.69. The second kappa shape index (κ2) is 8.34. The fourth-order valence-electron chi connectivity index (χ4n) is 2.43. The highest BCUT2D eigenvalue weighted by Crippen LogP contribution is 2.16. The smallest absolute Gasteiger partial charge is 0.361 e. The average molecular weight is 380 g/mol. The number of esters is 1. The van der Waals surface area contributed by atoms with Crippen LogP contribution in [-0.4, -0.2) is 40.1 Å². The first-order chi connectivity index (χ1) is 13.5. The van der Waals surface area contributed by atoms with Crippen LogP contribution in [0, 0.1) is 6.92 Å². The van der Waals surface area contributed by atoms with Gasteiger partial charge in [0.15, 0.2) is 11.8 Å². The summed E-state index contributed by atoms with van der Waals surface area (Å²) >= 11 is 0. The summed E-state index contributed by atoms with van der Waals surface area (Å²) in [6.45, 7) is 3.15. The monoisotopic (exact) mass is 380 g/mol. The van der Waals surface area contributed by atoms with E-state index >= 15 is 0 Å². The Hall–Kier alpha value is -3.68. The average Bonchev–Trinajstić information content (AvgIpc) is 3.11. The maximum absolute atomic E-state index is 12.4. The number of para-hydroxylation sites is 1. The van der Waals surface area contributed by atoms with Gasteiger partial charge in [-0.1, -0.05) is 18.2 Å². The number of aromatic nitrogens is 3. The van der Waals surface area contributed by atoms with E-state index in [1.807, 2.05) is 30.3 Å². The van der Waals surface area contributed by atoms with Gasteiger partial charge in [-0.05, 0) is 50.2 Å². The number of methoxy groups -OCH3 is 1. The molecular weight excluding hydrogens is 360 g/mol. The van der Waals surface area contributed by atoms with Crippen LogP contribution in [0.25, 0.3) is 5.69 Å². The molecular formula is C20H20N4O4. The molecule has 0 saturated carbocycles. The lowest BCUT2D eigenvalue weighted by molar-refractivity contribution is -0.123.